The van der Waals surface area contributed by atoms with Gasteiger partial charge in [0.05, 0.1) is 16.8 Å². The minimum atomic E-state index is -3.66. The lowest BCUT2D eigenvalue weighted by atomic mass is 10.0. The van der Waals surface area contributed by atoms with E-state index in [2.05, 4.69) is 10.0 Å². The van der Waals surface area contributed by atoms with E-state index in [0.29, 0.717) is 5.69 Å². The van der Waals surface area contributed by atoms with Gasteiger partial charge in [-0.05, 0) is 43.0 Å². The lowest BCUT2D eigenvalue weighted by molar-refractivity contribution is 0.587. The van der Waals surface area contributed by atoms with E-state index in [1.165, 1.54) is 0 Å². The SMILES string of the molecule is O=S1(=O)CCC(S(=O)(=O)Nc2ccc3c(c2)CCCN3)C1. The summed E-state index contributed by atoms with van der Waals surface area (Å²) in [6, 6.07) is 5.39. The van der Waals surface area contributed by atoms with Crippen molar-refractivity contribution in [3.63, 3.8) is 0 Å². The fraction of sp³-hybridized carbons (Fsp3) is 0.538. The van der Waals surface area contributed by atoms with Crippen LogP contribution in [0.3, 0.4) is 0 Å². The van der Waals surface area contributed by atoms with E-state index in [-0.39, 0.29) is 17.9 Å². The Hall–Kier alpha value is -1.28. The van der Waals surface area contributed by atoms with Gasteiger partial charge in [0.15, 0.2) is 9.84 Å². The number of rotatable bonds is 3. The van der Waals surface area contributed by atoms with Gasteiger partial charge >= 0.3 is 0 Å². The summed E-state index contributed by atoms with van der Waals surface area (Å²) in [4.78, 5) is 0. The number of aryl methyl sites for hydroxylation is 1. The highest BCUT2D eigenvalue weighted by molar-refractivity contribution is 7.97. The van der Waals surface area contributed by atoms with Gasteiger partial charge in [-0.3, -0.25) is 4.72 Å². The Bertz CT molecular complexity index is 756. The summed E-state index contributed by atoms with van der Waals surface area (Å²) in [5, 5.41) is 2.41. The molecule has 0 aliphatic carbocycles. The Kier molecular flexibility index (Phi) is 3.61. The molecule has 1 atom stereocenters. The highest BCUT2D eigenvalue weighted by atomic mass is 32.2. The van der Waals surface area contributed by atoms with Gasteiger partial charge in [0.2, 0.25) is 10.0 Å². The maximum Gasteiger partial charge on any atom is 0.236 e. The van der Waals surface area contributed by atoms with E-state index in [1.54, 1.807) is 6.07 Å². The highest BCUT2D eigenvalue weighted by Gasteiger charge is 2.37. The number of benzene rings is 1. The van der Waals surface area contributed by atoms with Crippen LogP contribution in [0.4, 0.5) is 11.4 Å². The molecule has 1 aromatic rings. The third kappa shape index (κ3) is 3.16. The van der Waals surface area contributed by atoms with Gasteiger partial charge in [-0.25, -0.2) is 16.8 Å². The van der Waals surface area contributed by atoms with Crippen molar-refractivity contribution in [2.24, 2.45) is 0 Å². The van der Waals surface area contributed by atoms with E-state index < -0.39 is 25.1 Å². The second kappa shape index (κ2) is 5.17. The summed E-state index contributed by atoms with van der Waals surface area (Å²) in [6.07, 6.45) is 2.10. The molecule has 0 saturated carbocycles. The molecule has 2 aliphatic heterocycles. The van der Waals surface area contributed by atoms with Crippen molar-refractivity contribution in [1.82, 2.24) is 0 Å². The van der Waals surface area contributed by atoms with Crippen LogP contribution in [0.15, 0.2) is 18.2 Å². The zero-order valence-electron chi connectivity index (χ0n) is 11.5. The van der Waals surface area contributed by atoms with Crippen molar-refractivity contribution < 1.29 is 16.8 Å². The van der Waals surface area contributed by atoms with Crippen molar-refractivity contribution in [3.8, 4) is 0 Å². The molecule has 3 rings (SSSR count). The monoisotopic (exact) mass is 330 g/mol. The molecule has 0 spiro atoms. The maximum absolute atomic E-state index is 12.3. The van der Waals surface area contributed by atoms with E-state index >= 15 is 0 Å². The zero-order chi connectivity index (χ0) is 15.1. The van der Waals surface area contributed by atoms with E-state index in [0.717, 1.165) is 30.6 Å². The Balaban J connectivity index is 1.80. The Morgan fingerprint density at radius 2 is 2.10 bits per heavy atom. The number of hydrogen-bond acceptors (Lipinski definition) is 5. The molecule has 2 N–H and O–H groups in total. The Labute approximate surface area is 124 Å². The van der Waals surface area contributed by atoms with Crippen molar-refractivity contribution in [1.29, 1.82) is 0 Å². The lowest BCUT2D eigenvalue weighted by Gasteiger charge is -2.19. The van der Waals surface area contributed by atoms with Crippen molar-refractivity contribution in [2.75, 3.05) is 28.1 Å². The minimum absolute atomic E-state index is 0.0489. The molecular weight excluding hydrogens is 312 g/mol. The summed E-state index contributed by atoms with van der Waals surface area (Å²) in [5.74, 6) is -0.332. The van der Waals surface area contributed by atoms with Gasteiger partial charge in [-0.1, -0.05) is 0 Å². The number of nitrogens with one attached hydrogen (secondary N) is 2. The molecule has 0 radical (unpaired) electrons. The standard InChI is InChI=1S/C13H18N2O4S2/c16-20(17)7-5-12(9-20)21(18,19)15-11-3-4-13-10(8-11)2-1-6-14-13/h3-4,8,12,14-15H,1-2,5-7,9H2. The Morgan fingerprint density at radius 3 is 2.81 bits per heavy atom. The average molecular weight is 330 g/mol. The predicted octanol–water partition coefficient (Wildman–Crippen LogP) is 0.973. The average Bonchev–Trinajstić information content (AvgIpc) is 2.79. The number of sulfone groups is 1. The fourth-order valence-corrected chi connectivity index (χ4v) is 6.87. The Morgan fingerprint density at radius 1 is 1.29 bits per heavy atom. The normalized spacial score (nSPS) is 24.1. The third-order valence-corrected chi connectivity index (χ3v) is 7.71. The number of hydrogen-bond donors (Lipinski definition) is 2. The maximum atomic E-state index is 12.3. The molecule has 2 aliphatic rings. The van der Waals surface area contributed by atoms with Crippen LogP contribution in [0.5, 0.6) is 0 Å². The second-order valence-electron chi connectivity index (χ2n) is 5.57. The van der Waals surface area contributed by atoms with Crippen molar-refractivity contribution >= 4 is 31.2 Å². The fourth-order valence-electron chi connectivity index (χ4n) is 2.79. The molecule has 8 heteroatoms. The molecule has 0 amide bonds. The zero-order valence-corrected chi connectivity index (χ0v) is 13.1. The molecule has 1 fully saturated rings. The lowest BCUT2D eigenvalue weighted by Crippen LogP contribution is -2.29. The molecule has 1 aromatic carbocycles. The van der Waals surface area contributed by atoms with Crippen LogP contribution in [0.25, 0.3) is 0 Å². The second-order valence-corrected chi connectivity index (χ2v) is 9.76. The van der Waals surface area contributed by atoms with Gasteiger partial charge in [-0.2, -0.15) is 0 Å². The molecule has 1 unspecified atom stereocenters. The summed E-state index contributed by atoms with van der Waals surface area (Å²) in [5.41, 5.74) is 2.62. The molecule has 6 nitrogen and oxygen atoms in total. The number of fused-ring (bicyclic) bond motifs is 1. The molecule has 0 bridgehead atoms. The van der Waals surface area contributed by atoms with Gasteiger partial charge in [0.1, 0.15) is 0 Å². The molecule has 21 heavy (non-hydrogen) atoms. The topological polar surface area (TPSA) is 92.3 Å². The molecule has 116 valence electrons. The van der Waals surface area contributed by atoms with Crippen LogP contribution in [-0.2, 0) is 26.3 Å². The quantitative estimate of drug-likeness (QED) is 0.862. The van der Waals surface area contributed by atoms with Crippen molar-refractivity contribution in [3.05, 3.63) is 23.8 Å². The van der Waals surface area contributed by atoms with Gasteiger partial charge in [0, 0.05) is 17.9 Å². The van der Waals surface area contributed by atoms with Crippen LogP contribution in [0, 0.1) is 0 Å². The van der Waals surface area contributed by atoms with E-state index in [9.17, 15) is 16.8 Å². The summed E-state index contributed by atoms with van der Waals surface area (Å²) >= 11 is 0. The first-order valence-corrected chi connectivity index (χ1v) is 10.3. The largest absolute Gasteiger partial charge is 0.385 e. The van der Waals surface area contributed by atoms with Crippen LogP contribution in [0.2, 0.25) is 0 Å². The number of sulfonamides is 1. The molecule has 1 saturated heterocycles. The number of anilines is 2. The first kappa shape index (κ1) is 14.6. The highest BCUT2D eigenvalue weighted by Crippen LogP contribution is 2.27. The molecule has 2 heterocycles. The first-order valence-electron chi connectivity index (χ1n) is 6.95. The van der Waals surface area contributed by atoms with Gasteiger partial charge < -0.3 is 5.32 Å². The summed E-state index contributed by atoms with van der Waals surface area (Å²) < 4.78 is 49.9. The predicted molar refractivity (Wildman–Crippen MR) is 82.9 cm³/mol. The third-order valence-electron chi connectivity index (χ3n) is 3.93. The van der Waals surface area contributed by atoms with Gasteiger partial charge in [-0.15, -0.1) is 0 Å². The summed E-state index contributed by atoms with van der Waals surface area (Å²) in [7, 11) is -6.87. The minimum Gasteiger partial charge on any atom is -0.385 e. The molecule has 0 aromatic heterocycles. The van der Waals surface area contributed by atoms with Crippen LogP contribution in [0.1, 0.15) is 18.4 Å². The van der Waals surface area contributed by atoms with E-state index in [1.807, 2.05) is 12.1 Å². The van der Waals surface area contributed by atoms with Crippen LogP contribution in [-0.4, -0.2) is 40.1 Å². The smallest absolute Gasteiger partial charge is 0.236 e. The van der Waals surface area contributed by atoms with Gasteiger partial charge in [0.25, 0.3) is 0 Å². The van der Waals surface area contributed by atoms with E-state index in [4.69, 9.17) is 0 Å². The van der Waals surface area contributed by atoms with Crippen LogP contribution < -0.4 is 10.0 Å². The summed E-state index contributed by atoms with van der Waals surface area (Å²) in [6.45, 7) is 0.929. The first-order chi connectivity index (χ1) is 9.86. The molecular formula is C13H18N2O4S2. The van der Waals surface area contributed by atoms with Crippen molar-refractivity contribution in [2.45, 2.75) is 24.5 Å². The van der Waals surface area contributed by atoms with Crippen LogP contribution >= 0.6 is 0 Å².